The van der Waals surface area contributed by atoms with Crippen LogP contribution < -0.4 is 11.5 Å². The van der Waals surface area contributed by atoms with Gasteiger partial charge in [-0.25, -0.2) is 0 Å². The van der Waals surface area contributed by atoms with Crippen LogP contribution in [0.1, 0.15) is 12.5 Å². The predicted octanol–water partition coefficient (Wildman–Crippen LogP) is 0.678. The van der Waals surface area contributed by atoms with Crippen LogP contribution in [-0.4, -0.2) is 12.5 Å². The highest BCUT2D eigenvalue weighted by Crippen LogP contribution is 2.00. The van der Waals surface area contributed by atoms with E-state index in [4.69, 9.17) is 10.5 Å². The molecule has 0 aliphatic heterocycles. The number of rotatable bonds is 2. The van der Waals surface area contributed by atoms with Crippen molar-refractivity contribution in [2.45, 2.75) is 19.4 Å². The van der Waals surface area contributed by atoms with Crippen LogP contribution in [0.25, 0.3) is 0 Å². The molecule has 0 fully saturated rings. The van der Waals surface area contributed by atoms with E-state index in [2.05, 4.69) is 17.9 Å². The third-order valence-corrected chi connectivity index (χ3v) is 1.40. The highest BCUT2D eigenvalue weighted by atomic mass is 16.1. The normalized spacial score (nSPS) is 10.9. The van der Waals surface area contributed by atoms with Gasteiger partial charge in [-0.05, 0) is 18.9 Å². The topological polar surface area (TPSA) is 69.1 Å². The molecular formula is C10H16N2O. The number of hydrogen-bond acceptors (Lipinski definition) is 2. The minimum atomic E-state index is 0.250. The van der Waals surface area contributed by atoms with Crippen LogP contribution in [0, 0.1) is 0 Å². The van der Waals surface area contributed by atoms with Gasteiger partial charge in [0.05, 0.1) is 0 Å². The third-order valence-electron chi connectivity index (χ3n) is 1.40. The van der Waals surface area contributed by atoms with Gasteiger partial charge in [-0.1, -0.05) is 30.3 Å². The molecule has 0 spiro atoms. The molecule has 0 aromatic heterocycles. The maximum Gasteiger partial charge on any atom is 0.204 e. The van der Waals surface area contributed by atoms with Crippen LogP contribution in [0.2, 0.25) is 0 Å². The van der Waals surface area contributed by atoms with Gasteiger partial charge in [-0.15, -0.1) is 0 Å². The highest BCUT2D eigenvalue weighted by Gasteiger charge is 1.94. The van der Waals surface area contributed by atoms with Gasteiger partial charge in [0.1, 0.15) is 0 Å². The summed E-state index contributed by atoms with van der Waals surface area (Å²) in [5.74, 6) is 0. The molecule has 0 bridgehead atoms. The fourth-order valence-corrected chi connectivity index (χ4v) is 0.986. The molecule has 1 atom stereocenters. The van der Waals surface area contributed by atoms with Crippen LogP contribution in [0.15, 0.2) is 30.3 Å². The minimum Gasteiger partial charge on any atom is -0.372 e. The van der Waals surface area contributed by atoms with E-state index in [-0.39, 0.29) is 12.5 Å². The Kier molecular flexibility index (Phi) is 6.55. The van der Waals surface area contributed by atoms with Crippen LogP contribution in [-0.2, 0) is 11.2 Å². The summed E-state index contributed by atoms with van der Waals surface area (Å²) in [7, 11) is 0. The average molecular weight is 180 g/mol. The lowest BCUT2D eigenvalue weighted by Gasteiger charge is -2.02. The Morgan fingerprint density at radius 1 is 1.38 bits per heavy atom. The molecule has 0 radical (unpaired) electrons. The first-order chi connectivity index (χ1) is 6.20. The molecule has 1 rings (SSSR count). The Labute approximate surface area is 78.7 Å². The van der Waals surface area contributed by atoms with Gasteiger partial charge in [-0.3, -0.25) is 4.79 Å². The quantitative estimate of drug-likeness (QED) is 0.657. The van der Waals surface area contributed by atoms with E-state index in [0.717, 1.165) is 6.42 Å². The summed E-state index contributed by atoms with van der Waals surface area (Å²) in [6, 6.07) is 10.6. The van der Waals surface area contributed by atoms with Crippen molar-refractivity contribution in [3.8, 4) is 0 Å². The lowest BCUT2D eigenvalue weighted by atomic mass is 10.1. The van der Waals surface area contributed by atoms with Crippen LogP contribution in [0.3, 0.4) is 0 Å². The Bertz CT molecular complexity index is 222. The fourth-order valence-electron chi connectivity index (χ4n) is 0.986. The zero-order chi connectivity index (χ0) is 10.1. The lowest BCUT2D eigenvalue weighted by Crippen LogP contribution is -2.17. The molecule has 0 heterocycles. The van der Waals surface area contributed by atoms with Crippen molar-refractivity contribution in [2.24, 2.45) is 11.5 Å². The van der Waals surface area contributed by atoms with Gasteiger partial charge in [0.15, 0.2) is 0 Å². The van der Waals surface area contributed by atoms with Crippen molar-refractivity contribution in [2.75, 3.05) is 0 Å². The Morgan fingerprint density at radius 3 is 2.23 bits per heavy atom. The molecule has 3 nitrogen and oxygen atoms in total. The predicted molar refractivity (Wildman–Crippen MR) is 54.0 cm³/mol. The van der Waals surface area contributed by atoms with E-state index in [1.165, 1.54) is 5.56 Å². The smallest absolute Gasteiger partial charge is 0.204 e. The summed E-state index contributed by atoms with van der Waals surface area (Å²) in [5, 5.41) is 0. The molecule has 0 saturated carbocycles. The van der Waals surface area contributed by atoms with Gasteiger partial charge in [0, 0.05) is 6.04 Å². The van der Waals surface area contributed by atoms with E-state index in [0.29, 0.717) is 0 Å². The molecule has 3 heteroatoms. The number of amides is 1. The molecule has 4 N–H and O–H groups in total. The fraction of sp³-hybridized carbons (Fsp3) is 0.300. The second-order valence-corrected chi connectivity index (χ2v) is 2.80. The zero-order valence-corrected chi connectivity index (χ0v) is 7.81. The van der Waals surface area contributed by atoms with Gasteiger partial charge in [0.25, 0.3) is 0 Å². The number of carbonyl (C=O) groups is 1. The highest BCUT2D eigenvalue weighted by molar-refractivity contribution is 5.42. The van der Waals surface area contributed by atoms with Crippen LogP contribution in [0.5, 0.6) is 0 Å². The van der Waals surface area contributed by atoms with Gasteiger partial charge in [0.2, 0.25) is 6.41 Å². The Hall–Kier alpha value is -1.35. The second-order valence-electron chi connectivity index (χ2n) is 2.80. The van der Waals surface area contributed by atoms with Crippen molar-refractivity contribution in [3.05, 3.63) is 35.9 Å². The average Bonchev–Trinajstić information content (AvgIpc) is 2.06. The molecule has 72 valence electrons. The maximum absolute atomic E-state index is 8.58. The molecule has 13 heavy (non-hydrogen) atoms. The van der Waals surface area contributed by atoms with Crippen molar-refractivity contribution >= 4 is 6.41 Å². The Morgan fingerprint density at radius 2 is 1.85 bits per heavy atom. The number of nitrogens with two attached hydrogens (primary N) is 2. The van der Waals surface area contributed by atoms with Gasteiger partial charge in [-0.2, -0.15) is 0 Å². The summed E-state index contributed by atoms with van der Waals surface area (Å²) in [4.78, 5) is 8.58. The van der Waals surface area contributed by atoms with Crippen molar-refractivity contribution in [1.82, 2.24) is 0 Å². The van der Waals surface area contributed by atoms with E-state index in [9.17, 15) is 0 Å². The maximum atomic E-state index is 8.58. The molecule has 0 aliphatic carbocycles. The molecule has 0 aliphatic rings. The van der Waals surface area contributed by atoms with Crippen molar-refractivity contribution in [1.29, 1.82) is 0 Å². The molecule has 1 aromatic carbocycles. The monoisotopic (exact) mass is 180 g/mol. The third kappa shape index (κ3) is 7.03. The SMILES string of the molecule is C[C@@H](N)Cc1ccccc1.NC=O. The first kappa shape index (κ1) is 11.6. The number of carbonyl (C=O) groups excluding carboxylic acids is 1. The molecule has 0 unspecified atom stereocenters. The molecular weight excluding hydrogens is 164 g/mol. The molecule has 1 aromatic rings. The second kappa shape index (κ2) is 7.31. The van der Waals surface area contributed by atoms with Crippen LogP contribution in [0.4, 0.5) is 0 Å². The zero-order valence-electron chi connectivity index (χ0n) is 7.81. The summed E-state index contributed by atoms with van der Waals surface area (Å²) in [6.45, 7) is 2.02. The summed E-state index contributed by atoms with van der Waals surface area (Å²) in [5.41, 5.74) is 11.1. The van der Waals surface area contributed by atoms with Gasteiger partial charge >= 0.3 is 0 Å². The standard InChI is InChI=1S/C9H13N.CH3NO/c1-8(10)7-9-5-3-2-4-6-9;2-1-3/h2-6,8H,7,10H2,1H3;1H,(H2,2,3)/t8-;/m1./s1. The van der Waals surface area contributed by atoms with Crippen molar-refractivity contribution < 1.29 is 4.79 Å². The minimum absolute atomic E-state index is 0.250. The van der Waals surface area contributed by atoms with Gasteiger partial charge < -0.3 is 11.5 Å². The first-order valence-electron chi connectivity index (χ1n) is 4.15. The summed E-state index contributed by atoms with van der Waals surface area (Å²) < 4.78 is 0. The summed E-state index contributed by atoms with van der Waals surface area (Å²) >= 11 is 0. The Balaban J connectivity index is 0.000000424. The molecule has 0 saturated heterocycles. The van der Waals surface area contributed by atoms with E-state index >= 15 is 0 Å². The van der Waals surface area contributed by atoms with E-state index in [1.807, 2.05) is 25.1 Å². The number of benzene rings is 1. The summed E-state index contributed by atoms with van der Waals surface area (Å²) in [6.07, 6.45) is 1.22. The number of hydrogen-bond donors (Lipinski definition) is 2. The van der Waals surface area contributed by atoms with Crippen molar-refractivity contribution in [3.63, 3.8) is 0 Å². The van der Waals surface area contributed by atoms with E-state index in [1.54, 1.807) is 0 Å². The first-order valence-corrected chi connectivity index (χ1v) is 4.15. The number of primary amides is 1. The van der Waals surface area contributed by atoms with E-state index < -0.39 is 0 Å². The molecule has 1 amide bonds. The van der Waals surface area contributed by atoms with Crippen LogP contribution >= 0.6 is 0 Å². The lowest BCUT2D eigenvalue weighted by molar-refractivity contribution is -0.106. The largest absolute Gasteiger partial charge is 0.372 e.